The molecule has 0 heterocycles. The maximum absolute atomic E-state index is 14.1. The average molecular weight is 314 g/mol. The van der Waals surface area contributed by atoms with Crippen LogP contribution in [-0.4, -0.2) is 7.11 Å². The van der Waals surface area contributed by atoms with Crippen molar-refractivity contribution in [3.63, 3.8) is 0 Å². The first-order chi connectivity index (χ1) is 9.52. The molecule has 0 saturated carbocycles. The molecule has 1 unspecified atom stereocenters. The SMILES string of the molecule is COc1cccc(CC(N)c2ccc(Cl)cc2Cl)c1F. The van der Waals surface area contributed by atoms with Crippen molar-refractivity contribution in [3.05, 3.63) is 63.4 Å². The molecule has 0 spiro atoms. The monoisotopic (exact) mass is 313 g/mol. The number of ether oxygens (including phenoxy) is 1. The normalized spacial score (nSPS) is 12.2. The first-order valence-electron chi connectivity index (χ1n) is 6.05. The van der Waals surface area contributed by atoms with Crippen molar-refractivity contribution in [3.8, 4) is 5.75 Å². The Morgan fingerprint density at radius 1 is 1.25 bits per heavy atom. The van der Waals surface area contributed by atoms with Crippen molar-refractivity contribution in [1.82, 2.24) is 0 Å². The van der Waals surface area contributed by atoms with Gasteiger partial charge in [0.25, 0.3) is 0 Å². The molecule has 1 atom stereocenters. The molecule has 20 heavy (non-hydrogen) atoms. The van der Waals surface area contributed by atoms with E-state index in [-0.39, 0.29) is 5.75 Å². The highest BCUT2D eigenvalue weighted by Gasteiger charge is 2.15. The number of halogens is 3. The van der Waals surface area contributed by atoms with Gasteiger partial charge in [0, 0.05) is 16.1 Å². The molecule has 2 rings (SSSR count). The smallest absolute Gasteiger partial charge is 0.168 e. The zero-order valence-electron chi connectivity index (χ0n) is 10.9. The molecule has 0 saturated heterocycles. The third-order valence-corrected chi connectivity index (χ3v) is 3.63. The van der Waals surface area contributed by atoms with Crippen LogP contribution in [0.5, 0.6) is 5.75 Å². The van der Waals surface area contributed by atoms with Crippen LogP contribution in [0.1, 0.15) is 17.2 Å². The Morgan fingerprint density at radius 3 is 2.65 bits per heavy atom. The second kappa shape index (κ2) is 6.44. The molecule has 2 aromatic carbocycles. The molecule has 106 valence electrons. The fraction of sp³-hybridized carbons (Fsp3) is 0.200. The molecule has 2 aromatic rings. The minimum atomic E-state index is -0.415. The predicted octanol–water partition coefficient (Wildman–Crippen LogP) is 4.38. The Balaban J connectivity index is 2.25. The lowest BCUT2D eigenvalue weighted by Gasteiger charge is -2.15. The molecular weight excluding hydrogens is 300 g/mol. The predicted molar refractivity (Wildman–Crippen MR) is 80.0 cm³/mol. The molecule has 0 amide bonds. The van der Waals surface area contributed by atoms with Crippen LogP contribution in [0, 0.1) is 5.82 Å². The topological polar surface area (TPSA) is 35.2 Å². The first kappa shape index (κ1) is 15.1. The van der Waals surface area contributed by atoms with E-state index in [0.717, 1.165) is 5.56 Å². The molecule has 0 radical (unpaired) electrons. The number of rotatable bonds is 4. The lowest BCUT2D eigenvalue weighted by atomic mass is 9.99. The third-order valence-electron chi connectivity index (χ3n) is 3.06. The van der Waals surface area contributed by atoms with E-state index in [9.17, 15) is 4.39 Å². The lowest BCUT2D eigenvalue weighted by molar-refractivity contribution is 0.383. The van der Waals surface area contributed by atoms with E-state index in [2.05, 4.69) is 0 Å². The number of methoxy groups -OCH3 is 1. The summed E-state index contributed by atoms with van der Waals surface area (Å²) in [4.78, 5) is 0. The molecule has 2 N–H and O–H groups in total. The van der Waals surface area contributed by atoms with Gasteiger partial charge in [-0.1, -0.05) is 41.4 Å². The van der Waals surface area contributed by atoms with Crippen LogP contribution in [0.15, 0.2) is 36.4 Å². The molecule has 2 nitrogen and oxygen atoms in total. The van der Waals surface area contributed by atoms with E-state index in [1.165, 1.54) is 7.11 Å². The minimum absolute atomic E-state index is 0.205. The van der Waals surface area contributed by atoms with Crippen molar-refractivity contribution >= 4 is 23.2 Å². The molecule has 0 aliphatic rings. The average Bonchev–Trinajstić information content (AvgIpc) is 2.41. The van der Waals surface area contributed by atoms with Crippen LogP contribution in [0.3, 0.4) is 0 Å². The molecule has 5 heteroatoms. The lowest BCUT2D eigenvalue weighted by Crippen LogP contribution is -2.15. The van der Waals surface area contributed by atoms with Crippen molar-refractivity contribution in [2.45, 2.75) is 12.5 Å². The van der Waals surface area contributed by atoms with Crippen molar-refractivity contribution in [1.29, 1.82) is 0 Å². The van der Waals surface area contributed by atoms with Crippen molar-refractivity contribution < 1.29 is 9.13 Å². The highest BCUT2D eigenvalue weighted by atomic mass is 35.5. The van der Waals surface area contributed by atoms with Gasteiger partial charge in [0.05, 0.1) is 7.11 Å². The Kier molecular flexibility index (Phi) is 4.86. The summed E-state index contributed by atoms with van der Waals surface area (Å²) in [5, 5.41) is 1.02. The summed E-state index contributed by atoms with van der Waals surface area (Å²) in [5.41, 5.74) is 7.33. The summed E-state index contributed by atoms with van der Waals surface area (Å²) in [5.74, 6) is -0.188. The van der Waals surface area contributed by atoms with Gasteiger partial charge in [0.15, 0.2) is 11.6 Å². The quantitative estimate of drug-likeness (QED) is 0.909. The fourth-order valence-electron chi connectivity index (χ4n) is 2.02. The molecule has 0 aromatic heterocycles. The Morgan fingerprint density at radius 2 is 2.00 bits per heavy atom. The summed E-state index contributed by atoms with van der Waals surface area (Å²) < 4.78 is 19.0. The zero-order chi connectivity index (χ0) is 14.7. The molecule has 0 aliphatic heterocycles. The van der Waals surface area contributed by atoms with Crippen molar-refractivity contribution in [2.75, 3.05) is 7.11 Å². The van der Waals surface area contributed by atoms with E-state index in [1.807, 2.05) is 0 Å². The van der Waals surface area contributed by atoms with Crippen molar-refractivity contribution in [2.24, 2.45) is 5.73 Å². The number of benzene rings is 2. The molecular formula is C15H14Cl2FNO. The van der Waals surface area contributed by atoms with Gasteiger partial charge in [0.2, 0.25) is 0 Å². The van der Waals surface area contributed by atoms with Gasteiger partial charge >= 0.3 is 0 Å². The van der Waals surface area contributed by atoms with Crippen LogP contribution < -0.4 is 10.5 Å². The first-order valence-corrected chi connectivity index (χ1v) is 6.80. The van der Waals surface area contributed by atoms with Gasteiger partial charge in [-0.2, -0.15) is 0 Å². The standard InChI is InChI=1S/C15H14Cl2FNO/c1-20-14-4-2-3-9(15(14)18)7-13(19)11-6-5-10(16)8-12(11)17/h2-6,8,13H,7,19H2,1H3. The van der Waals surface area contributed by atoms with Gasteiger partial charge in [-0.25, -0.2) is 4.39 Å². The second-order valence-electron chi connectivity index (χ2n) is 4.41. The van der Waals surface area contributed by atoms with Crippen LogP contribution in [-0.2, 0) is 6.42 Å². The van der Waals surface area contributed by atoms with Crippen LogP contribution in [0.25, 0.3) is 0 Å². The minimum Gasteiger partial charge on any atom is -0.494 e. The van der Waals surface area contributed by atoms with Crippen LogP contribution in [0.2, 0.25) is 10.0 Å². The molecule has 0 fully saturated rings. The summed E-state index contributed by atoms with van der Waals surface area (Å²) >= 11 is 12.0. The van der Waals surface area contributed by atoms with Gasteiger partial charge < -0.3 is 10.5 Å². The summed E-state index contributed by atoms with van der Waals surface area (Å²) in [6.45, 7) is 0. The van der Waals surface area contributed by atoms with Gasteiger partial charge in [-0.15, -0.1) is 0 Å². The Labute approximate surface area is 127 Å². The van der Waals surface area contributed by atoms with E-state index >= 15 is 0 Å². The highest BCUT2D eigenvalue weighted by Crippen LogP contribution is 2.29. The van der Waals surface area contributed by atoms with Gasteiger partial charge in [0.1, 0.15) is 0 Å². The van der Waals surface area contributed by atoms with E-state index < -0.39 is 11.9 Å². The third kappa shape index (κ3) is 3.23. The summed E-state index contributed by atoms with van der Waals surface area (Å²) in [6, 6.07) is 9.66. The van der Waals surface area contributed by atoms with E-state index in [0.29, 0.717) is 22.0 Å². The van der Waals surface area contributed by atoms with E-state index in [1.54, 1.807) is 36.4 Å². The number of hydrogen-bond donors (Lipinski definition) is 1. The number of nitrogens with two attached hydrogens (primary N) is 1. The van der Waals surface area contributed by atoms with Crippen LogP contribution in [0.4, 0.5) is 4.39 Å². The maximum Gasteiger partial charge on any atom is 0.168 e. The Hall–Kier alpha value is -1.29. The van der Waals surface area contributed by atoms with Gasteiger partial charge in [-0.05, 0) is 35.7 Å². The second-order valence-corrected chi connectivity index (χ2v) is 5.25. The number of hydrogen-bond acceptors (Lipinski definition) is 2. The summed E-state index contributed by atoms with van der Waals surface area (Å²) in [6.07, 6.45) is 0.324. The molecule has 0 aliphatic carbocycles. The Bertz CT molecular complexity index is 619. The molecule has 0 bridgehead atoms. The zero-order valence-corrected chi connectivity index (χ0v) is 12.4. The van der Waals surface area contributed by atoms with E-state index in [4.69, 9.17) is 33.7 Å². The summed E-state index contributed by atoms with van der Waals surface area (Å²) in [7, 11) is 1.43. The maximum atomic E-state index is 14.1. The highest BCUT2D eigenvalue weighted by molar-refractivity contribution is 6.35. The largest absolute Gasteiger partial charge is 0.494 e. The fourth-order valence-corrected chi connectivity index (χ4v) is 2.57. The van der Waals surface area contributed by atoms with Crippen LogP contribution >= 0.6 is 23.2 Å². The van der Waals surface area contributed by atoms with Gasteiger partial charge in [-0.3, -0.25) is 0 Å².